The Labute approximate surface area is 110 Å². The molecular weight excluding hydrogens is 288 g/mol. The number of carbonyl (C=O) groups is 1. The largest absolute Gasteiger partial charge is 0.573 e. The maximum atomic E-state index is 13.4. The number of rotatable bonds is 4. The number of ether oxygens (including phenoxy) is 2. The monoisotopic (exact) mass is 298 g/mol. The van der Waals surface area contributed by atoms with E-state index in [9.17, 15) is 32.6 Å². The van der Waals surface area contributed by atoms with Crippen LogP contribution in [0.3, 0.4) is 0 Å². The fraction of sp³-hybridized carbons (Fsp3) is 0.364. The maximum Gasteiger partial charge on any atom is 0.573 e. The van der Waals surface area contributed by atoms with Crippen molar-refractivity contribution in [2.45, 2.75) is 18.6 Å². The van der Waals surface area contributed by atoms with E-state index in [1.54, 1.807) is 0 Å². The molecule has 0 saturated carbocycles. The summed E-state index contributed by atoms with van der Waals surface area (Å²) in [5.41, 5.74) is -0.310. The highest BCUT2D eigenvalue weighted by Gasteiger charge is 2.33. The Morgan fingerprint density at radius 1 is 1.30 bits per heavy atom. The number of alkyl halides is 3. The molecule has 112 valence electrons. The Balaban J connectivity index is 2.94. The van der Waals surface area contributed by atoms with Crippen LogP contribution in [0.2, 0.25) is 0 Å². The first-order valence-electron chi connectivity index (χ1n) is 5.15. The first kappa shape index (κ1) is 16.2. The predicted octanol–water partition coefficient (Wildman–Crippen LogP) is 1.29. The number of methoxy groups -OCH3 is 1. The molecule has 1 rings (SSSR count). The van der Waals surface area contributed by atoms with Gasteiger partial charge in [-0.3, -0.25) is 0 Å². The summed E-state index contributed by atoms with van der Waals surface area (Å²) in [4.78, 5) is 11.0. The summed E-state index contributed by atoms with van der Waals surface area (Å²) in [6, 6.07) is 2.00. The zero-order valence-electron chi connectivity index (χ0n) is 10.0. The highest BCUT2D eigenvalue weighted by molar-refractivity contribution is 5.75. The lowest BCUT2D eigenvalue weighted by Gasteiger charge is -2.17. The summed E-state index contributed by atoms with van der Waals surface area (Å²) in [6.07, 6.45) is -8.90. The van der Waals surface area contributed by atoms with Crippen molar-refractivity contribution in [3.8, 4) is 5.75 Å². The third-order valence-electron chi connectivity index (χ3n) is 2.26. The van der Waals surface area contributed by atoms with E-state index >= 15 is 0 Å². The van der Waals surface area contributed by atoms with Gasteiger partial charge in [-0.05, 0) is 17.7 Å². The van der Waals surface area contributed by atoms with Crippen molar-refractivity contribution in [2.24, 2.45) is 0 Å². The van der Waals surface area contributed by atoms with Crippen LogP contribution in [0.4, 0.5) is 17.6 Å². The first-order valence-corrected chi connectivity index (χ1v) is 5.15. The zero-order chi connectivity index (χ0) is 15.5. The number of esters is 1. The molecule has 2 unspecified atom stereocenters. The number of carbonyl (C=O) groups excluding carboxylic acids is 1. The second-order valence-corrected chi connectivity index (χ2v) is 3.65. The van der Waals surface area contributed by atoms with Crippen LogP contribution in [0, 0.1) is 5.82 Å². The summed E-state index contributed by atoms with van der Waals surface area (Å²) < 4.78 is 56.7. The Morgan fingerprint density at radius 2 is 1.90 bits per heavy atom. The van der Waals surface area contributed by atoms with Crippen LogP contribution in [0.5, 0.6) is 5.75 Å². The topological polar surface area (TPSA) is 76.0 Å². The second kappa shape index (κ2) is 6.06. The molecule has 20 heavy (non-hydrogen) atoms. The normalized spacial score (nSPS) is 14.6. The molecule has 0 bridgehead atoms. The average molecular weight is 298 g/mol. The van der Waals surface area contributed by atoms with E-state index in [4.69, 9.17) is 0 Å². The molecule has 2 N–H and O–H groups in total. The van der Waals surface area contributed by atoms with Crippen molar-refractivity contribution in [3.63, 3.8) is 0 Å². The van der Waals surface area contributed by atoms with Crippen molar-refractivity contribution >= 4 is 5.97 Å². The fourth-order valence-corrected chi connectivity index (χ4v) is 1.34. The van der Waals surface area contributed by atoms with Gasteiger partial charge in [-0.25, -0.2) is 9.18 Å². The fourth-order valence-electron chi connectivity index (χ4n) is 1.34. The second-order valence-electron chi connectivity index (χ2n) is 3.65. The number of hydrogen-bond donors (Lipinski definition) is 2. The molecule has 0 fully saturated rings. The molecule has 2 atom stereocenters. The molecule has 0 aliphatic rings. The van der Waals surface area contributed by atoms with Gasteiger partial charge in [0, 0.05) is 0 Å². The summed E-state index contributed by atoms with van der Waals surface area (Å²) in [5, 5.41) is 18.9. The Hall–Kier alpha value is -1.87. The third kappa shape index (κ3) is 4.07. The molecule has 0 saturated heterocycles. The van der Waals surface area contributed by atoms with Gasteiger partial charge >= 0.3 is 12.3 Å². The van der Waals surface area contributed by atoms with Gasteiger partial charge in [0.25, 0.3) is 0 Å². The van der Waals surface area contributed by atoms with Gasteiger partial charge in [0.1, 0.15) is 6.10 Å². The van der Waals surface area contributed by atoms with Gasteiger partial charge in [-0.1, -0.05) is 6.07 Å². The maximum absolute atomic E-state index is 13.4. The van der Waals surface area contributed by atoms with Gasteiger partial charge in [-0.15, -0.1) is 13.2 Å². The van der Waals surface area contributed by atoms with E-state index in [-0.39, 0.29) is 5.56 Å². The lowest BCUT2D eigenvalue weighted by Crippen LogP contribution is -2.29. The molecule has 0 amide bonds. The molecular formula is C11H10F4O5. The van der Waals surface area contributed by atoms with Gasteiger partial charge in [0.05, 0.1) is 7.11 Å². The number of aliphatic hydroxyl groups excluding tert-OH is 2. The van der Waals surface area contributed by atoms with Crippen molar-refractivity contribution in [3.05, 3.63) is 29.6 Å². The summed E-state index contributed by atoms with van der Waals surface area (Å²) >= 11 is 0. The van der Waals surface area contributed by atoms with Crippen LogP contribution in [0.1, 0.15) is 11.7 Å². The van der Waals surface area contributed by atoms with E-state index in [1.807, 2.05) is 0 Å². The van der Waals surface area contributed by atoms with E-state index in [2.05, 4.69) is 9.47 Å². The molecule has 0 aromatic heterocycles. The minimum atomic E-state index is -5.06. The highest BCUT2D eigenvalue weighted by atomic mass is 19.4. The summed E-state index contributed by atoms with van der Waals surface area (Å²) in [7, 11) is 0.957. The zero-order valence-corrected chi connectivity index (χ0v) is 10.0. The minimum absolute atomic E-state index is 0.310. The lowest BCUT2D eigenvalue weighted by atomic mass is 10.0. The Morgan fingerprint density at radius 3 is 2.35 bits per heavy atom. The smallest absolute Gasteiger partial charge is 0.467 e. The molecule has 0 radical (unpaired) electrons. The minimum Gasteiger partial charge on any atom is -0.467 e. The van der Waals surface area contributed by atoms with Gasteiger partial charge < -0.3 is 19.7 Å². The first-order chi connectivity index (χ1) is 9.15. The van der Waals surface area contributed by atoms with Crippen molar-refractivity contribution in [1.82, 2.24) is 0 Å². The lowest BCUT2D eigenvalue weighted by molar-refractivity contribution is -0.275. The van der Waals surface area contributed by atoms with Crippen LogP contribution in [0.15, 0.2) is 18.2 Å². The van der Waals surface area contributed by atoms with Crippen LogP contribution in [-0.4, -0.2) is 35.8 Å². The van der Waals surface area contributed by atoms with Gasteiger partial charge in [0.15, 0.2) is 17.7 Å². The van der Waals surface area contributed by atoms with Crippen molar-refractivity contribution in [2.75, 3.05) is 7.11 Å². The average Bonchev–Trinajstić information content (AvgIpc) is 2.37. The number of benzene rings is 1. The SMILES string of the molecule is COC(=O)C(O)C(O)c1ccc(OC(F)(F)F)c(F)c1. The van der Waals surface area contributed by atoms with Crippen LogP contribution >= 0.6 is 0 Å². The number of aliphatic hydroxyl groups is 2. The van der Waals surface area contributed by atoms with Gasteiger partial charge in [-0.2, -0.15) is 0 Å². The van der Waals surface area contributed by atoms with E-state index in [1.165, 1.54) is 0 Å². The molecule has 1 aromatic carbocycles. The Bertz CT molecular complexity index is 488. The van der Waals surface area contributed by atoms with Gasteiger partial charge in [0.2, 0.25) is 0 Å². The molecule has 0 spiro atoms. The molecule has 0 aliphatic carbocycles. The van der Waals surface area contributed by atoms with E-state index in [0.717, 1.165) is 13.2 Å². The van der Waals surface area contributed by atoms with Crippen LogP contribution in [-0.2, 0) is 9.53 Å². The van der Waals surface area contributed by atoms with E-state index in [0.29, 0.717) is 12.1 Å². The standard InChI is InChI=1S/C11H10F4O5/c1-19-10(18)9(17)8(16)5-2-3-7(6(12)4-5)20-11(13,14)15/h2-4,8-9,16-17H,1H3. The quantitative estimate of drug-likeness (QED) is 0.647. The number of hydrogen-bond acceptors (Lipinski definition) is 5. The third-order valence-corrected chi connectivity index (χ3v) is 2.26. The van der Waals surface area contributed by atoms with Crippen LogP contribution in [0.25, 0.3) is 0 Å². The molecule has 0 heterocycles. The molecule has 0 aliphatic heterocycles. The summed E-state index contributed by atoms with van der Waals surface area (Å²) in [6.45, 7) is 0. The molecule has 1 aromatic rings. The summed E-state index contributed by atoms with van der Waals surface area (Å²) in [5.74, 6) is -3.68. The van der Waals surface area contributed by atoms with Crippen molar-refractivity contribution in [1.29, 1.82) is 0 Å². The number of halogens is 4. The van der Waals surface area contributed by atoms with Crippen molar-refractivity contribution < 1.29 is 42.0 Å². The van der Waals surface area contributed by atoms with Crippen LogP contribution < -0.4 is 4.74 Å². The molecule has 5 nitrogen and oxygen atoms in total. The predicted molar refractivity (Wildman–Crippen MR) is 56.1 cm³/mol. The molecule has 9 heteroatoms. The highest BCUT2D eigenvalue weighted by Crippen LogP contribution is 2.28. The Kier molecular flexibility index (Phi) is 4.90. The van der Waals surface area contributed by atoms with E-state index < -0.39 is 36.1 Å².